The number of esters is 1. The van der Waals surface area contributed by atoms with Crippen molar-refractivity contribution in [3.8, 4) is 5.75 Å². The maximum absolute atomic E-state index is 11.1. The zero-order valence-corrected chi connectivity index (χ0v) is 9.60. The predicted molar refractivity (Wildman–Crippen MR) is 61.3 cm³/mol. The first-order valence-electron chi connectivity index (χ1n) is 4.59. The first-order chi connectivity index (χ1) is 7.10. The zero-order chi connectivity index (χ0) is 11.4. The molecule has 0 spiro atoms. The number of hydrogen-bond donors (Lipinski definition) is 0. The van der Waals surface area contributed by atoms with E-state index < -0.39 is 5.97 Å². The van der Waals surface area contributed by atoms with E-state index >= 15 is 0 Å². The first-order valence-corrected chi connectivity index (χ1v) is 5.13. The lowest BCUT2D eigenvalue weighted by Crippen LogP contribution is -2.07. The number of rotatable bonds is 3. The molecule has 15 heavy (non-hydrogen) atoms. The summed E-state index contributed by atoms with van der Waals surface area (Å²) in [4.78, 5) is 11.1. The summed E-state index contributed by atoms with van der Waals surface area (Å²) >= 11 is 5.77. The molecule has 0 atom stereocenters. The molecule has 0 saturated heterocycles. The maximum atomic E-state index is 11.1. The number of halogens is 1. The highest BCUT2D eigenvalue weighted by Gasteiger charge is 2.11. The van der Waals surface area contributed by atoms with E-state index in [0.29, 0.717) is 11.6 Å². The summed E-state index contributed by atoms with van der Waals surface area (Å²) in [6, 6.07) is 3.82. The largest absolute Gasteiger partial charge is 0.423 e. The van der Waals surface area contributed by atoms with Crippen molar-refractivity contribution >= 4 is 17.6 Å². The maximum Gasteiger partial charge on any atom is 0.335 e. The molecule has 0 aromatic heterocycles. The number of carbonyl (C=O) groups is 1. The Morgan fingerprint density at radius 2 is 2.20 bits per heavy atom. The Morgan fingerprint density at radius 1 is 1.53 bits per heavy atom. The minimum Gasteiger partial charge on any atom is -0.423 e. The second-order valence-electron chi connectivity index (χ2n) is 3.25. The van der Waals surface area contributed by atoms with Crippen LogP contribution in [0.1, 0.15) is 16.7 Å². The van der Waals surface area contributed by atoms with Gasteiger partial charge in [0.15, 0.2) is 0 Å². The number of aryl methyl sites for hydroxylation is 1. The van der Waals surface area contributed by atoms with Gasteiger partial charge >= 0.3 is 5.97 Å². The topological polar surface area (TPSA) is 26.3 Å². The van der Waals surface area contributed by atoms with Crippen molar-refractivity contribution in [1.82, 2.24) is 0 Å². The summed E-state index contributed by atoms with van der Waals surface area (Å²) in [6.45, 7) is 7.21. The van der Waals surface area contributed by atoms with Gasteiger partial charge in [-0.05, 0) is 25.0 Å². The number of carbonyl (C=O) groups excluding carboxylic acids is 1. The number of benzene rings is 1. The Bertz CT molecular complexity index is 397. The number of hydrogen-bond acceptors (Lipinski definition) is 2. The van der Waals surface area contributed by atoms with Gasteiger partial charge in [-0.3, -0.25) is 0 Å². The summed E-state index contributed by atoms with van der Waals surface area (Å²) in [5.41, 5.74) is 2.81. The smallest absolute Gasteiger partial charge is 0.335 e. The van der Waals surface area contributed by atoms with Crippen molar-refractivity contribution in [1.29, 1.82) is 0 Å². The quantitative estimate of drug-likeness (QED) is 0.341. The molecular formula is C12H13ClO2. The second-order valence-corrected chi connectivity index (χ2v) is 3.52. The van der Waals surface area contributed by atoms with Gasteiger partial charge in [0.1, 0.15) is 5.75 Å². The van der Waals surface area contributed by atoms with Gasteiger partial charge in [-0.1, -0.05) is 18.7 Å². The molecule has 0 N–H and O–H groups in total. The Kier molecular flexibility index (Phi) is 3.92. The standard InChI is InChI=1S/C12H13ClO2/c1-4-11(14)15-12-9(3)8(2)5-6-10(12)7-13/h4-6H,1,7H2,2-3H3. The van der Waals surface area contributed by atoms with Crippen LogP contribution in [0.5, 0.6) is 5.75 Å². The van der Waals surface area contributed by atoms with Crippen LogP contribution in [0.3, 0.4) is 0 Å². The molecule has 1 aromatic rings. The molecular weight excluding hydrogens is 212 g/mol. The van der Waals surface area contributed by atoms with E-state index in [4.69, 9.17) is 16.3 Å². The second kappa shape index (κ2) is 4.99. The van der Waals surface area contributed by atoms with Crippen molar-refractivity contribution in [2.24, 2.45) is 0 Å². The summed E-state index contributed by atoms with van der Waals surface area (Å²) in [5, 5.41) is 0. The van der Waals surface area contributed by atoms with Crippen LogP contribution < -0.4 is 4.74 Å². The van der Waals surface area contributed by atoms with Gasteiger partial charge in [0.2, 0.25) is 0 Å². The average molecular weight is 225 g/mol. The van der Waals surface area contributed by atoms with E-state index in [9.17, 15) is 4.79 Å². The fraction of sp³-hybridized carbons (Fsp3) is 0.250. The molecule has 0 fully saturated rings. The van der Waals surface area contributed by atoms with Crippen LogP contribution in [-0.2, 0) is 10.7 Å². The lowest BCUT2D eigenvalue weighted by Gasteiger charge is -2.12. The normalized spacial score (nSPS) is 9.80. The van der Waals surface area contributed by atoms with Crippen LogP contribution in [0.15, 0.2) is 24.8 Å². The van der Waals surface area contributed by atoms with Gasteiger partial charge in [0.05, 0.1) is 5.88 Å². The van der Waals surface area contributed by atoms with Gasteiger partial charge in [-0.15, -0.1) is 11.6 Å². The van der Waals surface area contributed by atoms with Gasteiger partial charge < -0.3 is 4.74 Å². The van der Waals surface area contributed by atoms with Crippen molar-refractivity contribution in [3.63, 3.8) is 0 Å². The minimum atomic E-state index is -0.463. The van der Waals surface area contributed by atoms with Gasteiger partial charge in [-0.2, -0.15) is 0 Å². The third kappa shape index (κ3) is 2.60. The predicted octanol–water partition coefficient (Wildman–Crippen LogP) is 3.13. The third-order valence-electron chi connectivity index (χ3n) is 2.27. The van der Waals surface area contributed by atoms with E-state index in [0.717, 1.165) is 22.8 Å². The van der Waals surface area contributed by atoms with Crippen molar-refractivity contribution in [2.45, 2.75) is 19.7 Å². The molecule has 0 unspecified atom stereocenters. The van der Waals surface area contributed by atoms with E-state index in [1.54, 1.807) is 0 Å². The fourth-order valence-electron chi connectivity index (χ4n) is 1.24. The Balaban J connectivity index is 3.17. The van der Waals surface area contributed by atoms with E-state index in [2.05, 4.69) is 6.58 Å². The molecule has 1 aromatic carbocycles. The Hall–Kier alpha value is -1.28. The molecule has 0 saturated carbocycles. The van der Waals surface area contributed by atoms with Crippen molar-refractivity contribution in [3.05, 3.63) is 41.5 Å². The highest BCUT2D eigenvalue weighted by molar-refractivity contribution is 6.17. The molecule has 0 aliphatic carbocycles. The molecule has 0 amide bonds. The summed E-state index contributed by atoms with van der Waals surface area (Å²) in [7, 11) is 0. The molecule has 0 aliphatic heterocycles. The molecule has 80 valence electrons. The van der Waals surface area contributed by atoms with E-state index in [-0.39, 0.29) is 0 Å². The lowest BCUT2D eigenvalue weighted by atomic mass is 10.1. The highest BCUT2D eigenvalue weighted by Crippen LogP contribution is 2.27. The lowest BCUT2D eigenvalue weighted by molar-refractivity contribution is -0.129. The number of ether oxygens (including phenoxy) is 1. The van der Waals surface area contributed by atoms with Crippen LogP contribution in [0.25, 0.3) is 0 Å². The molecule has 2 nitrogen and oxygen atoms in total. The summed E-state index contributed by atoms with van der Waals surface area (Å²) in [6.07, 6.45) is 1.14. The highest BCUT2D eigenvalue weighted by atomic mass is 35.5. The van der Waals surface area contributed by atoms with Gasteiger partial charge in [0, 0.05) is 11.6 Å². The third-order valence-corrected chi connectivity index (χ3v) is 2.56. The van der Waals surface area contributed by atoms with E-state index in [1.165, 1.54) is 0 Å². The molecule has 1 rings (SSSR count). The SMILES string of the molecule is C=CC(=O)Oc1c(CCl)ccc(C)c1C. The molecule has 0 aliphatic rings. The zero-order valence-electron chi connectivity index (χ0n) is 8.84. The summed E-state index contributed by atoms with van der Waals surface area (Å²) in [5.74, 6) is 0.408. The Morgan fingerprint density at radius 3 is 2.73 bits per heavy atom. The molecule has 0 bridgehead atoms. The van der Waals surface area contributed by atoms with Crippen LogP contribution in [-0.4, -0.2) is 5.97 Å². The van der Waals surface area contributed by atoms with Gasteiger partial charge in [-0.25, -0.2) is 4.79 Å². The van der Waals surface area contributed by atoms with Crippen LogP contribution in [0, 0.1) is 13.8 Å². The molecule has 0 radical (unpaired) electrons. The van der Waals surface area contributed by atoms with Crippen LogP contribution in [0.2, 0.25) is 0 Å². The molecule has 3 heteroatoms. The van der Waals surface area contributed by atoms with Crippen LogP contribution >= 0.6 is 11.6 Å². The molecule has 0 heterocycles. The van der Waals surface area contributed by atoms with Crippen molar-refractivity contribution in [2.75, 3.05) is 0 Å². The summed E-state index contributed by atoms with van der Waals surface area (Å²) < 4.78 is 5.16. The first kappa shape index (κ1) is 11.8. The van der Waals surface area contributed by atoms with Crippen LogP contribution in [0.4, 0.5) is 0 Å². The average Bonchev–Trinajstić information content (AvgIpc) is 2.25. The monoisotopic (exact) mass is 224 g/mol. The van der Waals surface area contributed by atoms with Crippen molar-refractivity contribution < 1.29 is 9.53 Å². The van der Waals surface area contributed by atoms with Gasteiger partial charge in [0.25, 0.3) is 0 Å². The number of alkyl halides is 1. The van der Waals surface area contributed by atoms with E-state index in [1.807, 2.05) is 26.0 Å². The minimum absolute atomic E-state index is 0.320. The Labute approximate surface area is 94.5 Å². The fourth-order valence-corrected chi connectivity index (χ4v) is 1.45.